The maximum atomic E-state index is 13.4. The number of hydrogen-bond acceptors (Lipinski definition) is 2. The summed E-state index contributed by atoms with van der Waals surface area (Å²) in [5.41, 5.74) is 4.05. The molecule has 5 rings (SSSR count). The first-order valence-electron chi connectivity index (χ1n) is 9.12. The molecule has 1 unspecified atom stereocenters. The smallest absolute Gasteiger partial charge is 0.277 e. The van der Waals surface area contributed by atoms with E-state index in [0.717, 1.165) is 22.4 Å². The Balaban J connectivity index is 1.75. The topological polar surface area (TPSA) is 49.0 Å². The van der Waals surface area contributed by atoms with Crippen LogP contribution in [0.1, 0.15) is 27.7 Å². The van der Waals surface area contributed by atoms with Gasteiger partial charge >= 0.3 is 0 Å². The number of aromatic amines is 1. The number of amides is 1. The van der Waals surface area contributed by atoms with Gasteiger partial charge in [-0.1, -0.05) is 48.0 Å². The minimum absolute atomic E-state index is 0.183. The molecule has 6 heteroatoms. The predicted molar refractivity (Wildman–Crippen MR) is 111 cm³/mol. The van der Waals surface area contributed by atoms with Crippen LogP contribution in [0.4, 0.5) is 10.1 Å². The molecule has 0 fully saturated rings. The highest BCUT2D eigenvalue weighted by Gasteiger charge is 2.43. The summed E-state index contributed by atoms with van der Waals surface area (Å²) in [5, 5.41) is 7.83. The molecular formula is C23H15ClFN3O. The minimum Gasteiger partial charge on any atom is -0.295 e. The molecule has 1 atom stereocenters. The molecule has 1 aromatic heterocycles. The van der Waals surface area contributed by atoms with Gasteiger partial charge in [-0.05, 0) is 48.0 Å². The van der Waals surface area contributed by atoms with Crippen molar-refractivity contribution in [1.82, 2.24) is 10.2 Å². The van der Waals surface area contributed by atoms with Crippen molar-refractivity contribution >= 4 is 23.2 Å². The molecule has 2 heterocycles. The zero-order valence-electron chi connectivity index (χ0n) is 15.1. The van der Waals surface area contributed by atoms with Crippen molar-refractivity contribution in [1.29, 1.82) is 0 Å². The number of benzene rings is 3. The molecule has 142 valence electrons. The number of fused-ring (bicyclic) bond motifs is 1. The van der Waals surface area contributed by atoms with Gasteiger partial charge in [0, 0.05) is 21.8 Å². The van der Waals surface area contributed by atoms with Gasteiger partial charge in [0.15, 0.2) is 0 Å². The summed E-state index contributed by atoms with van der Waals surface area (Å²) in [6.07, 6.45) is 0. The number of aromatic nitrogens is 2. The van der Waals surface area contributed by atoms with E-state index >= 15 is 0 Å². The van der Waals surface area contributed by atoms with Gasteiger partial charge < -0.3 is 0 Å². The average Bonchev–Trinajstić information content (AvgIpc) is 3.29. The number of anilines is 1. The SMILES string of the molecule is O=C1c2[nH]nc(-c3ccc(F)cc3)c2C(c2ccccc2Cl)N1c1ccccc1. The highest BCUT2D eigenvalue weighted by molar-refractivity contribution is 6.31. The second-order valence-electron chi connectivity index (χ2n) is 6.80. The maximum Gasteiger partial charge on any atom is 0.277 e. The van der Waals surface area contributed by atoms with Crippen LogP contribution in [-0.2, 0) is 0 Å². The van der Waals surface area contributed by atoms with Crippen molar-refractivity contribution in [3.8, 4) is 11.3 Å². The van der Waals surface area contributed by atoms with E-state index in [2.05, 4.69) is 10.2 Å². The number of rotatable bonds is 3. The molecular weight excluding hydrogens is 389 g/mol. The Kier molecular flexibility index (Phi) is 4.18. The van der Waals surface area contributed by atoms with Crippen molar-refractivity contribution in [2.75, 3.05) is 4.90 Å². The molecule has 1 aliphatic heterocycles. The number of hydrogen-bond donors (Lipinski definition) is 1. The molecule has 1 amide bonds. The summed E-state index contributed by atoms with van der Waals surface area (Å²) in [6.45, 7) is 0. The highest BCUT2D eigenvalue weighted by Crippen LogP contribution is 2.46. The summed E-state index contributed by atoms with van der Waals surface area (Å²) < 4.78 is 13.4. The van der Waals surface area contributed by atoms with Crippen LogP contribution in [0.15, 0.2) is 78.9 Å². The van der Waals surface area contributed by atoms with Gasteiger partial charge in [-0.25, -0.2) is 4.39 Å². The zero-order chi connectivity index (χ0) is 20.0. The van der Waals surface area contributed by atoms with Crippen LogP contribution in [0.5, 0.6) is 0 Å². The molecule has 0 spiro atoms. The van der Waals surface area contributed by atoms with Gasteiger partial charge in [-0.3, -0.25) is 14.8 Å². The van der Waals surface area contributed by atoms with Crippen LogP contribution in [0, 0.1) is 5.82 Å². The Morgan fingerprint density at radius 3 is 2.34 bits per heavy atom. The van der Waals surface area contributed by atoms with Gasteiger partial charge in [0.2, 0.25) is 0 Å². The molecule has 0 bridgehead atoms. The molecule has 1 N–H and O–H groups in total. The first kappa shape index (κ1) is 17.6. The van der Waals surface area contributed by atoms with Gasteiger partial charge in [-0.2, -0.15) is 5.10 Å². The number of carbonyl (C=O) groups excluding carboxylic acids is 1. The molecule has 1 aliphatic rings. The zero-order valence-corrected chi connectivity index (χ0v) is 15.9. The lowest BCUT2D eigenvalue weighted by Crippen LogP contribution is -2.29. The molecule has 0 radical (unpaired) electrons. The fraction of sp³-hybridized carbons (Fsp3) is 0.0435. The standard InChI is InChI=1S/C23H15ClFN3O/c24-18-9-5-4-8-17(18)22-19-20(14-10-12-15(25)13-11-14)26-27-21(19)23(29)28(22)16-6-2-1-3-7-16/h1-13,22H,(H,26,27). The summed E-state index contributed by atoms with van der Waals surface area (Å²) in [7, 11) is 0. The normalized spacial score (nSPS) is 15.6. The first-order valence-corrected chi connectivity index (χ1v) is 9.50. The highest BCUT2D eigenvalue weighted by atomic mass is 35.5. The predicted octanol–water partition coefficient (Wildman–Crippen LogP) is 5.62. The minimum atomic E-state index is -0.451. The number of nitrogens with one attached hydrogen (secondary N) is 1. The Morgan fingerprint density at radius 2 is 1.62 bits per heavy atom. The molecule has 29 heavy (non-hydrogen) atoms. The van der Waals surface area contributed by atoms with E-state index in [4.69, 9.17) is 11.6 Å². The number of halogens is 2. The van der Waals surface area contributed by atoms with Crippen molar-refractivity contribution < 1.29 is 9.18 Å². The maximum absolute atomic E-state index is 13.4. The van der Waals surface area contributed by atoms with E-state index in [9.17, 15) is 9.18 Å². The molecule has 0 aliphatic carbocycles. The summed E-state index contributed by atoms with van der Waals surface area (Å²) in [5.74, 6) is -0.512. The van der Waals surface area contributed by atoms with E-state index in [1.165, 1.54) is 12.1 Å². The molecule has 3 aromatic carbocycles. The summed E-state index contributed by atoms with van der Waals surface area (Å²) in [6, 6.07) is 22.5. The third-order valence-corrected chi connectivity index (χ3v) is 5.46. The van der Waals surface area contributed by atoms with E-state index in [0.29, 0.717) is 16.4 Å². The summed E-state index contributed by atoms with van der Waals surface area (Å²) in [4.78, 5) is 15.1. The van der Waals surface area contributed by atoms with Gasteiger partial charge in [0.05, 0.1) is 11.7 Å². The van der Waals surface area contributed by atoms with E-state index in [-0.39, 0.29) is 11.7 Å². The number of para-hydroxylation sites is 1. The number of carbonyl (C=O) groups is 1. The second kappa shape index (κ2) is 6.87. The third-order valence-electron chi connectivity index (χ3n) is 5.12. The largest absolute Gasteiger partial charge is 0.295 e. The Bertz CT molecular complexity index is 1200. The van der Waals surface area contributed by atoms with E-state index < -0.39 is 6.04 Å². The Morgan fingerprint density at radius 1 is 0.931 bits per heavy atom. The van der Waals surface area contributed by atoms with Crippen molar-refractivity contribution in [2.24, 2.45) is 0 Å². The Hall–Kier alpha value is -3.44. The fourth-order valence-electron chi connectivity index (χ4n) is 3.82. The number of H-pyrrole nitrogens is 1. The van der Waals surface area contributed by atoms with E-state index in [1.54, 1.807) is 23.1 Å². The number of nitrogens with zero attached hydrogens (tertiary/aromatic N) is 2. The van der Waals surface area contributed by atoms with Crippen LogP contribution >= 0.6 is 11.6 Å². The van der Waals surface area contributed by atoms with Crippen molar-refractivity contribution in [3.63, 3.8) is 0 Å². The monoisotopic (exact) mass is 403 g/mol. The van der Waals surface area contributed by atoms with Crippen molar-refractivity contribution in [2.45, 2.75) is 6.04 Å². The lowest BCUT2D eigenvalue weighted by atomic mass is 9.96. The molecule has 4 nitrogen and oxygen atoms in total. The Labute approximate surface area is 171 Å². The lowest BCUT2D eigenvalue weighted by molar-refractivity contribution is 0.0989. The van der Waals surface area contributed by atoms with Gasteiger partial charge in [-0.15, -0.1) is 0 Å². The third kappa shape index (κ3) is 2.82. The van der Waals surface area contributed by atoms with Gasteiger partial charge in [0.1, 0.15) is 11.5 Å². The molecule has 0 saturated carbocycles. The fourth-order valence-corrected chi connectivity index (χ4v) is 4.06. The first-order chi connectivity index (χ1) is 14.1. The van der Waals surface area contributed by atoms with Crippen LogP contribution < -0.4 is 4.90 Å². The lowest BCUT2D eigenvalue weighted by Gasteiger charge is -2.27. The van der Waals surface area contributed by atoms with Crippen LogP contribution in [-0.4, -0.2) is 16.1 Å². The molecule has 4 aromatic rings. The van der Waals surface area contributed by atoms with Gasteiger partial charge in [0.25, 0.3) is 5.91 Å². The van der Waals surface area contributed by atoms with Crippen molar-refractivity contribution in [3.05, 3.63) is 107 Å². The van der Waals surface area contributed by atoms with Crippen LogP contribution in [0.3, 0.4) is 0 Å². The second-order valence-corrected chi connectivity index (χ2v) is 7.21. The summed E-state index contributed by atoms with van der Waals surface area (Å²) >= 11 is 6.54. The average molecular weight is 404 g/mol. The van der Waals surface area contributed by atoms with Crippen LogP contribution in [0.2, 0.25) is 5.02 Å². The quantitative estimate of drug-likeness (QED) is 0.482. The van der Waals surface area contributed by atoms with E-state index in [1.807, 2.05) is 48.5 Å². The van der Waals surface area contributed by atoms with Crippen LogP contribution in [0.25, 0.3) is 11.3 Å². The molecule has 0 saturated heterocycles.